The number of methoxy groups -OCH3 is 1. The SMILES string of the molecule is COCCN1CCC(C(=O)N2CC(C3OCCn4c3cc3c(N[C@H](C)c5cccc(C(F)(F)CO)c5)nc(C)nc34)C2)CC1. The summed E-state index contributed by atoms with van der Waals surface area (Å²) >= 11 is 0. The highest BCUT2D eigenvalue weighted by atomic mass is 19.3. The lowest BCUT2D eigenvalue weighted by atomic mass is 9.87. The smallest absolute Gasteiger partial charge is 0.295 e. The Kier molecular flexibility index (Phi) is 8.87. The number of ether oxygens (including phenoxy) is 2. The van der Waals surface area contributed by atoms with E-state index in [0.29, 0.717) is 50.1 Å². The van der Waals surface area contributed by atoms with Crippen LogP contribution in [0.3, 0.4) is 0 Å². The van der Waals surface area contributed by atoms with Crippen LogP contribution in [0.4, 0.5) is 14.6 Å². The molecule has 238 valence electrons. The number of carbonyl (C=O) groups is 1. The number of alkyl halides is 2. The predicted octanol–water partition coefficient (Wildman–Crippen LogP) is 3.89. The Balaban J connectivity index is 1.16. The zero-order valence-electron chi connectivity index (χ0n) is 25.6. The molecule has 0 radical (unpaired) electrons. The van der Waals surface area contributed by atoms with Gasteiger partial charge >= 0.3 is 0 Å². The zero-order valence-corrected chi connectivity index (χ0v) is 25.6. The fraction of sp³-hybridized carbons (Fsp3) is 0.594. The largest absolute Gasteiger partial charge is 0.390 e. The molecule has 1 amide bonds. The molecule has 1 unspecified atom stereocenters. The van der Waals surface area contributed by atoms with Crippen molar-refractivity contribution >= 4 is 22.8 Å². The summed E-state index contributed by atoms with van der Waals surface area (Å²) in [5.74, 6) is -1.55. The van der Waals surface area contributed by atoms with Gasteiger partial charge in [0.05, 0.1) is 18.6 Å². The number of aromatic nitrogens is 3. The number of aliphatic hydroxyl groups excluding tert-OH is 1. The van der Waals surface area contributed by atoms with E-state index in [1.54, 1.807) is 19.2 Å². The van der Waals surface area contributed by atoms with E-state index in [1.165, 1.54) is 12.1 Å². The van der Waals surface area contributed by atoms with Gasteiger partial charge in [0.15, 0.2) is 0 Å². The van der Waals surface area contributed by atoms with Crippen LogP contribution in [0.15, 0.2) is 30.3 Å². The van der Waals surface area contributed by atoms with Crippen LogP contribution in [0, 0.1) is 18.8 Å². The van der Waals surface area contributed by atoms with Crippen molar-refractivity contribution in [2.45, 2.75) is 51.3 Å². The first kappa shape index (κ1) is 30.8. The van der Waals surface area contributed by atoms with Gasteiger partial charge in [-0.05, 0) is 57.5 Å². The Morgan fingerprint density at radius 2 is 1.98 bits per heavy atom. The molecule has 1 aromatic carbocycles. The molecular formula is C32H42F2N6O4. The Labute approximate surface area is 256 Å². The fourth-order valence-electron chi connectivity index (χ4n) is 6.75. The molecule has 44 heavy (non-hydrogen) atoms. The van der Waals surface area contributed by atoms with E-state index >= 15 is 0 Å². The van der Waals surface area contributed by atoms with Crippen molar-refractivity contribution in [2.24, 2.45) is 11.8 Å². The minimum Gasteiger partial charge on any atom is -0.390 e. The second-order valence-electron chi connectivity index (χ2n) is 12.3. The molecule has 2 atom stereocenters. The molecule has 5 heterocycles. The number of halogens is 2. The van der Waals surface area contributed by atoms with Gasteiger partial charge in [-0.25, -0.2) is 9.97 Å². The molecule has 3 aliphatic heterocycles. The molecule has 0 bridgehead atoms. The van der Waals surface area contributed by atoms with Crippen molar-refractivity contribution in [3.05, 3.63) is 53.0 Å². The normalized spacial score (nSPS) is 20.9. The highest BCUT2D eigenvalue weighted by molar-refractivity contribution is 5.89. The van der Waals surface area contributed by atoms with E-state index in [-0.39, 0.29) is 35.5 Å². The van der Waals surface area contributed by atoms with E-state index in [2.05, 4.69) is 25.8 Å². The molecule has 2 aromatic heterocycles. The minimum atomic E-state index is -3.31. The predicted molar refractivity (Wildman–Crippen MR) is 162 cm³/mol. The van der Waals surface area contributed by atoms with Gasteiger partial charge in [0.25, 0.3) is 5.92 Å². The first-order valence-corrected chi connectivity index (χ1v) is 15.5. The van der Waals surface area contributed by atoms with Crippen LogP contribution >= 0.6 is 0 Å². The number of nitrogens with one attached hydrogen (secondary N) is 1. The van der Waals surface area contributed by atoms with Crippen LogP contribution in [0.25, 0.3) is 11.0 Å². The number of hydrogen-bond acceptors (Lipinski definition) is 8. The number of aryl methyl sites for hydroxylation is 1. The summed E-state index contributed by atoms with van der Waals surface area (Å²) in [6, 6.07) is 7.84. The molecule has 0 saturated carbocycles. The molecule has 0 aliphatic carbocycles. The van der Waals surface area contributed by atoms with Gasteiger partial charge in [0, 0.05) is 62.4 Å². The number of aliphatic hydroxyl groups is 1. The van der Waals surface area contributed by atoms with Crippen molar-refractivity contribution in [1.29, 1.82) is 0 Å². The van der Waals surface area contributed by atoms with E-state index in [4.69, 9.17) is 19.6 Å². The molecule has 3 aromatic rings. The molecule has 6 rings (SSSR count). The van der Waals surface area contributed by atoms with E-state index < -0.39 is 12.5 Å². The van der Waals surface area contributed by atoms with E-state index in [9.17, 15) is 13.6 Å². The summed E-state index contributed by atoms with van der Waals surface area (Å²) in [6.45, 7) is 8.54. The van der Waals surface area contributed by atoms with Gasteiger partial charge in [-0.2, -0.15) is 8.78 Å². The number of nitrogens with zero attached hydrogens (tertiary/aromatic N) is 5. The molecule has 0 spiro atoms. The molecule has 10 nitrogen and oxygen atoms in total. The monoisotopic (exact) mass is 612 g/mol. The summed E-state index contributed by atoms with van der Waals surface area (Å²) < 4.78 is 42.0. The Morgan fingerprint density at radius 3 is 2.70 bits per heavy atom. The Morgan fingerprint density at radius 1 is 1.20 bits per heavy atom. The number of piperidine rings is 1. The summed E-state index contributed by atoms with van der Waals surface area (Å²) in [5.41, 5.74) is 2.26. The van der Waals surface area contributed by atoms with Gasteiger partial charge in [0.2, 0.25) is 5.91 Å². The number of amides is 1. The van der Waals surface area contributed by atoms with E-state index in [0.717, 1.165) is 49.2 Å². The van der Waals surface area contributed by atoms with Crippen molar-refractivity contribution < 1.29 is 28.2 Å². The summed E-state index contributed by atoms with van der Waals surface area (Å²) in [5, 5.41) is 13.4. The fourth-order valence-corrected chi connectivity index (χ4v) is 6.75. The Bertz CT molecular complexity index is 1480. The van der Waals surface area contributed by atoms with Crippen LogP contribution in [-0.4, -0.2) is 95.0 Å². The quantitative estimate of drug-likeness (QED) is 0.356. The average Bonchev–Trinajstić information content (AvgIpc) is 3.39. The number of likely N-dealkylation sites (tertiary alicyclic amines) is 2. The maximum Gasteiger partial charge on any atom is 0.295 e. The van der Waals surface area contributed by atoms with Crippen molar-refractivity contribution in [3.63, 3.8) is 0 Å². The number of hydrogen-bond donors (Lipinski definition) is 2. The standard InChI is InChI=1S/C32H42F2N6O4/c1-20(23-5-4-6-25(15-23)32(33,34)19-41)35-29-26-16-27-28(44-14-12-40(27)30(26)37-21(2)36-29)24-17-39(18-24)31(42)22-7-9-38(10-8-22)11-13-43-3/h4-6,15-16,20,22,24,28,41H,7-14,17-19H2,1-3H3,(H,35,36,37)/t20-,28?/m1/s1. The highest BCUT2D eigenvalue weighted by Crippen LogP contribution is 2.40. The molecule has 2 saturated heterocycles. The lowest BCUT2D eigenvalue weighted by molar-refractivity contribution is -0.149. The van der Waals surface area contributed by atoms with Gasteiger partial charge in [0.1, 0.15) is 30.0 Å². The minimum absolute atomic E-state index is 0.0814. The molecular weight excluding hydrogens is 570 g/mol. The highest BCUT2D eigenvalue weighted by Gasteiger charge is 2.42. The number of rotatable bonds is 10. The number of benzene rings is 1. The topological polar surface area (TPSA) is 105 Å². The van der Waals surface area contributed by atoms with Crippen LogP contribution in [0.5, 0.6) is 0 Å². The third-order valence-corrected chi connectivity index (χ3v) is 9.36. The molecule has 2 fully saturated rings. The van der Waals surface area contributed by atoms with Crippen molar-refractivity contribution in [2.75, 3.05) is 65.0 Å². The maximum atomic E-state index is 14.2. The third kappa shape index (κ3) is 6.04. The third-order valence-electron chi connectivity index (χ3n) is 9.36. The number of anilines is 1. The van der Waals surface area contributed by atoms with Crippen molar-refractivity contribution in [3.8, 4) is 0 Å². The zero-order chi connectivity index (χ0) is 31.0. The lowest BCUT2D eigenvalue weighted by Crippen LogP contribution is -2.55. The van der Waals surface area contributed by atoms with Gasteiger partial charge < -0.3 is 34.3 Å². The maximum absolute atomic E-state index is 14.2. The van der Waals surface area contributed by atoms with Crippen LogP contribution in [0.2, 0.25) is 0 Å². The second-order valence-corrected chi connectivity index (χ2v) is 12.3. The van der Waals surface area contributed by atoms with Crippen LogP contribution in [-0.2, 0) is 26.7 Å². The lowest BCUT2D eigenvalue weighted by Gasteiger charge is -2.46. The second kappa shape index (κ2) is 12.7. The number of carbonyl (C=O) groups excluding carboxylic acids is 1. The van der Waals surface area contributed by atoms with Crippen LogP contribution < -0.4 is 5.32 Å². The number of fused-ring (bicyclic) bond motifs is 3. The van der Waals surface area contributed by atoms with E-state index in [1.807, 2.05) is 18.7 Å². The first-order valence-electron chi connectivity index (χ1n) is 15.5. The van der Waals surface area contributed by atoms with Gasteiger partial charge in [-0.1, -0.05) is 18.2 Å². The molecule has 3 aliphatic rings. The first-order chi connectivity index (χ1) is 21.2. The van der Waals surface area contributed by atoms with Gasteiger partial charge in [-0.15, -0.1) is 0 Å². The summed E-state index contributed by atoms with van der Waals surface area (Å²) in [6.07, 6.45) is 1.62. The molecule has 2 N–H and O–H groups in total. The molecule has 12 heteroatoms. The van der Waals surface area contributed by atoms with Gasteiger partial charge in [-0.3, -0.25) is 4.79 Å². The summed E-state index contributed by atoms with van der Waals surface area (Å²) in [4.78, 5) is 27.1. The Hall–Kier alpha value is -3.19. The summed E-state index contributed by atoms with van der Waals surface area (Å²) in [7, 11) is 1.71. The van der Waals surface area contributed by atoms with Crippen molar-refractivity contribution in [1.82, 2.24) is 24.3 Å². The van der Waals surface area contributed by atoms with Crippen LogP contribution in [0.1, 0.15) is 54.6 Å². The average molecular weight is 613 g/mol.